The van der Waals surface area contributed by atoms with E-state index in [-0.39, 0.29) is 0 Å². The third-order valence-electron chi connectivity index (χ3n) is 2.52. The van der Waals surface area contributed by atoms with Gasteiger partial charge in [-0.15, -0.1) is 0 Å². The first kappa shape index (κ1) is 14.8. The second kappa shape index (κ2) is 8.00. The van der Waals surface area contributed by atoms with Gasteiger partial charge in [0.25, 0.3) is 0 Å². The SMILES string of the molecule is CCN(CC)CC([O][In]([CH3])[CH3])C(C)C. The predicted molar refractivity (Wildman–Crippen MR) is 65.0 cm³/mol. The minimum absolute atomic E-state index is 0.464. The molecule has 0 spiro atoms. The summed E-state index contributed by atoms with van der Waals surface area (Å²) in [5, 5.41) is 0. The number of likely N-dealkylation sites (N-methyl/N-ethyl adjacent to an activating group) is 1. The normalized spacial score (nSPS) is 13.7. The van der Waals surface area contributed by atoms with Gasteiger partial charge in [0.1, 0.15) is 0 Å². The Morgan fingerprint density at radius 2 is 1.64 bits per heavy atom. The van der Waals surface area contributed by atoms with Crippen LogP contribution in [-0.4, -0.2) is 52.5 Å². The van der Waals surface area contributed by atoms with Crippen LogP contribution in [0.25, 0.3) is 0 Å². The van der Waals surface area contributed by atoms with Gasteiger partial charge in [-0.25, -0.2) is 0 Å². The van der Waals surface area contributed by atoms with E-state index in [0.29, 0.717) is 12.0 Å². The summed E-state index contributed by atoms with van der Waals surface area (Å²) in [6, 6.07) is 0. The van der Waals surface area contributed by atoms with E-state index in [0.717, 1.165) is 19.6 Å². The molecule has 0 N–H and O–H groups in total. The van der Waals surface area contributed by atoms with Crippen LogP contribution in [-0.2, 0) is 2.85 Å². The molecule has 84 valence electrons. The topological polar surface area (TPSA) is 12.5 Å². The van der Waals surface area contributed by atoms with Crippen LogP contribution in [0.4, 0.5) is 0 Å². The van der Waals surface area contributed by atoms with Gasteiger partial charge in [-0.3, -0.25) is 0 Å². The van der Waals surface area contributed by atoms with Crippen LogP contribution in [0.15, 0.2) is 0 Å². The van der Waals surface area contributed by atoms with Crippen molar-refractivity contribution < 1.29 is 2.85 Å². The van der Waals surface area contributed by atoms with Crippen LogP contribution in [0.1, 0.15) is 27.7 Å². The van der Waals surface area contributed by atoms with E-state index in [1.165, 1.54) is 0 Å². The van der Waals surface area contributed by atoms with E-state index in [2.05, 4.69) is 42.0 Å². The van der Waals surface area contributed by atoms with Crippen molar-refractivity contribution in [3.63, 3.8) is 0 Å². The van der Waals surface area contributed by atoms with Crippen molar-refractivity contribution in [2.24, 2.45) is 5.92 Å². The van der Waals surface area contributed by atoms with Gasteiger partial charge in [-0.1, -0.05) is 0 Å². The van der Waals surface area contributed by atoms with E-state index in [9.17, 15) is 0 Å². The van der Waals surface area contributed by atoms with Crippen LogP contribution in [0.5, 0.6) is 0 Å². The van der Waals surface area contributed by atoms with Gasteiger partial charge in [0.15, 0.2) is 0 Å². The van der Waals surface area contributed by atoms with Gasteiger partial charge in [0.2, 0.25) is 0 Å². The molecule has 3 heteroatoms. The minimum atomic E-state index is -1.52. The van der Waals surface area contributed by atoms with Gasteiger partial charge in [-0.05, 0) is 0 Å². The molecule has 0 rings (SSSR count). The Kier molecular flexibility index (Phi) is 8.45. The standard InChI is InChI=1S/C9H20NO.2CH3.In/c1-5-10(6-2)7-9(11)8(3)4;;;/h8-9H,5-7H2,1-4H3;2*1H3;/q-1;;;+1. The molecule has 2 nitrogen and oxygen atoms in total. The van der Waals surface area contributed by atoms with Crippen molar-refractivity contribution in [2.75, 3.05) is 19.6 Å². The van der Waals surface area contributed by atoms with Crippen LogP contribution < -0.4 is 0 Å². The summed E-state index contributed by atoms with van der Waals surface area (Å²) >= 11 is -1.52. The van der Waals surface area contributed by atoms with Crippen LogP contribution in [0, 0.1) is 5.92 Å². The Labute approximate surface area is 98.1 Å². The van der Waals surface area contributed by atoms with Crippen molar-refractivity contribution in [3.05, 3.63) is 0 Å². The summed E-state index contributed by atoms with van der Waals surface area (Å²) < 4.78 is 10.8. The van der Waals surface area contributed by atoms with E-state index in [1.54, 1.807) is 0 Å². The van der Waals surface area contributed by atoms with Crippen molar-refractivity contribution in [1.82, 2.24) is 4.90 Å². The number of nitrogens with zero attached hydrogens (tertiary/aromatic N) is 1. The molecule has 0 aromatic carbocycles. The first-order chi connectivity index (χ1) is 6.51. The van der Waals surface area contributed by atoms with Gasteiger partial charge in [-0.2, -0.15) is 0 Å². The number of hydrogen-bond donors (Lipinski definition) is 0. The first-order valence-corrected chi connectivity index (χ1v) is 13.8. The molecule has 0 saturated heterocycles. The summed E-state index contributed by atoms with van der Waals surface area (Å²) in [4.78, 5) is 2.46. The van der Waals surface area contributed by atoms with E-state index >= 15 is 0 Å². The molecule has 0 heterocycles. The van der Waals surface area contributed by atoms with Gasteiger partial charge in [0.05, 0.1) is 0 Å². The zero-order valence-electron chi connectivity index (χ0n) is 10.7. The van der Waals surface area contributed by atoms with E-state index in [1.807, 2.05) is 0 Å². The molecule has 14 heavy (non-hydrogen) atoms. The van der Waals surface area contributed by atoms with Gasteiger partial charge < -0.3 is 0 Å². The van der Waals surface area contributed by atoms with Crippen molar-refractivity contribution >= 4 is 21.9 Å². The third-order valence-corrected chi connectivity index (χ3v) is 5.07. The molecule has 0 aromatic rings. The van der Waals surface area contributed by atoms with Crippen LogP contribution >= 0.6 is 0 Å². The van der Waals surface area contributed by atoms with E-state index < -0.39 is 21.9 Å². The molecule has 0 amide bonds. The molecular formula is C11H26InNO. The maximum atomic E-state index is 6.11. The van der Waals surface area contributed by atoms with E-state index in [4.69, 9.17) is 2.85 Å². The molecule has 0 bridgehead atoms. The van der Waals surface area contributed by atoms with Gasteiger partial charge in [0, 0.05) is 0 Å². The third kappa shape index (κ3) is 6.31. The molecule has 0 saturated carbocycles. The zero-order chi connectivity index (χ0) is 11.1. The summed E-state index contributed by atoms with van der Waals surface area (Å²) in [6.45, 7) is 12.4. The number of hydrogen-bond acceptors (Lipinski definition) is 2. The maximum absolute atomic E-state index is 6.11. The molecule has 0 radical (unpaired) electrons. The molecular weight excluding hydrogens is 277 g/mol. The van der Waals surface area contributed by atoms with Crippen molar-refractivity contribution in [3.8, 4) is 0 Å². The Bertz CT molecular complexity index is 135. The molecule has 0 fully saturated rings. The van der Waals surface area contributed by atoms with Gasteiger partial charge >= 0.3 is 98.3 Å². The van der Waals surface area contributed by atoms with Crippen molar-refractivity contribution in [2.45, 2.75) is 43.2 Å². The molecule has 1 unspecified atom stereocenters. The average molecular weight is 303 g/mol. The second-order valence-electron chi connectivity index (χ2n) is 4.45. The fourth-order valence-corrected chi connectivity index (χ4v) is 4.63. The summed E-state index contributed by atoms with van der Waals surface area (Å²) in [5.41, 5.74) is 0. The predicted octanol–water partition coefficient (Wildman–Crippen LogP) is 2.62. The monoisotopic (exact) mass is 303 g/mol. The first-order valence-electron chi connectivity index (χ1n) is 5.89. The molecule has 0 aliphatic carbocycles. The fourth-order valence-electron chi connectivity index (χ4n) is 1.50. The molecule has 0 aliphatic heterocycles. The molecule has 1 atom stereocenters. The molecule has 0 aliphatic rings. The average Bonchev–Trinajstić information content (AvgIpc) is 2.11. The molecule has 0 aromatic heterocycles. The fraction of sp³-hybridized carbons (Fsp3) is 1.00. The van der Waals surface area contributed by atoms with Crippen molar-refractivity contribution in [1.29, 1.82) is 0 Å². The Morgan fingerprint density at radius 3 is 1.93 bits per heavy atom. The zero-order valence-corrected chi connectivity index (χ0v) is 14.0. The Hall–Kier alpha value is 0.790. The second-order valence-corrected chi connectivity index (χ2v) is 11.2. The summed E-state index contributed by atoms with van der Waals surface area (Å²) in [7, 11) is 0. The summed E-state index contributed by atoms with van der Waals surface area (Å²) in [5.74, 6) is 0.648. The summed E-state index contributed by atoms with van der Waals surface area (Å²) in [6.07, 6.45) is 0.464. The number of rotatable bonds is 7. The van der Waals surface area contributed by atoms with Crippen LogP contribution in [0.3, 0.4) is 0 Å². The van der Waals surface area contributed by atoms with Crippen LogP contribution in [0.2, 0.25) is 9.36 Å². The Balaban J connectivity index is 4.07. The quantitative estimate of drug-likeness (QED) is 0.717. The Morgan fingerprint density at radius 1 is 1.14 bits per heavy atom.